The van der Waals surface area contributed by atoms with E-state index in [1.165, 1.54) is 6.07 Å². The van der Waals surface area contributed by atoms with Crippen LogP contribution in [0.15, 0.2) is 42.5 Å². The lowest BCUT2D eigenvalue weighted by Crippen LogP contribution is -2.47. The molecule has 0 bridgehead atoms. The molecule has 2 aromatic rings. The van der Waals surface area contributed by atoms with E-state index in [-0.39, 0.29) is 28.8 Å². The third kappa shape index (κ3) is 3.55. The molecule has 0 aromatic heterocycles. The van der Waals surface area contributed by atoms with Crippen LogP contribution in [0.4, 0.5) is 5.69 Å². The minimum atomic E-state index is -0.894. The summed E-state index contributed by atoms with van der Waals surface area (Å²) in [5.74, 6) is -1.61. The number of nitrogens with two attached hydrogens (primary N) is 1. The number of carbonyl (C=O) groups is 3. The number of anilines is 1. The van der Waals surface area contributed by atoms with Gasteiger partial charge in [0.15, 0.2) is 0 Å². The van der Waals surface area contributed by atoms with Crippen molar-refractivity contribution in [1.82, 2.24) is 5.32 Å². The maximum Gasteiger partial charge on any atom is 0.253 e. The average Bonchev–Trinajstić information content (AvgIpc) is 2.97. The Labute approximate surface area is 155 Å². The van der Waals surface area contributed by atoms with Crippen LogP contribution in [0, 0.1) is 0 Å². The SMILES string of the molecule is CC(c1ccccc1)C(NC(=O)c1cc2c(cc1Cl)NC(=O)C2)C(N)=O. The van der Waals surface area contributed by atoms with Gasteiger partial charge in [0.05, 0.1) is 17.0 Å². The molecule has 0 aliphatic carbocycles. The van der Waals surface area contributed by atoms with E-state index in [9.17, 15) is 14.4 Å². The van der Waals surface area contributed by atoms with Crippen LogP contribution in [0.25, 0.3) is 0 Å². The van der Waals surface area contributed by atoms with Crippen LogP contribution in [0.5, 0.6) is 0 Å². The second-order valence-corrected chi connectivity index (χ2v) is 6.67. The maximum atomic E-state index is 12.7. The number of amides is 3. The van der Waals surface area contributed by atoms with E-state index in [4.69, 9.17) is 17.3 Å². The van der Waals surface area contributed by atoms with Gasteiger partial charge in [-0.1, -0.05) is 48.9 Å². The molecule has 2 atom stereocenters. The fraction of sp³-hybridized carbons (Fsp3) is 0.211. The number of nitrogens with one attached hydrogen (secondary N) is 2. The summed E-state index contributed by atoms with van der Waals surface area (Å²) in [5, 5.41) is 5.54. The zero-order chi connectivity index (χ0) is 18.8. The molecule has 0 saturated heterocycles. The van der Waals surface area contributed by atoms with Crippen molar-refractivity contribution in [3.63, 3.8) is 0 Å². The van der Waals surface area contributed by atoms with Gasteiger partial charge in [0.2, 0.25) is 11.8 Å². The number of carbonyl (C=O) groups excluding carboxylic acids is 3. The van der Waals surface area contributed by atoms with Gasteiger partial charge in [-0.3, -0.25) is 14.4 Å². The molecule has 0 saturated carbocycles. The average molecular weight is 372 g/mol. The fourth-order valence-corrected chi connectivity index (χ4v) is 3.28. The molecule has 1 aliphatic heterocycles. The summed E-state index contributed by atoms with van der Waals surface area (Å²) in [6.07, 6.45) is 0.187. The van der Waals surface area contributed by atoms with Gasteiger partial charge in [0.1, 0.15) is 6.04 Å². The Morgan fingerprint density at radius 2 is 1.92 bits per heavy atom. The minimum Gasteiger partial charge on any atom is -0.368 e. The van der Waals surface area contributed by atoms with E-state index in [2.05, 4.69) is 10.6 Å². The number of hydrogen-bond donors (Lipinski definition) is 3. The number of fused-ring (bicyclic) bond motifs is 1. The summed E-state index contributed by atoms with van der Waals surface area (Å²) in [7, 11) is 0. The van der Waals surface area contributed by atoms with Crippen molar-refractivity contribution >= 4 is 35.0 Å². The van der Waals surface area contributed by atoms with E-state index < -0.39 is 17.9 Å². The van der Waals surface area contributed by atoms with Gasteiger partial charge in [0.25, 0.3) is 5.91 Å². The molecular formula is C19H18ClN3O3. The molecule has 0 radical (unpaired) electrons. The summed E-state index contributed by atoms with van der Waals surface area (Å²) in [6, 6.07) is 11.5. The largest absolute Gasteiger partial charge is 0.368 e. The quantitative estimate of drug-likeness (QED) is 0.751. The van der Waals surface area contributed by atoms with Crippen LogP contribution in [-0.2, 0) is 16.0 Å². The molecule has 1 aliphatic rings. The first-order valence-electron chi connectivity index (χ1n) is 8.14. The number of benzene rings is 2. The van der Waals surface area contributed by atoms with Gasteiger partial charge in [-0.05, 0) is 23.3 Å². The summed E-state index contributed by atoms with van der Waals surface area (Å²) < 4.78 is 0. The molecule has 7 heteroatoms. The molecule has 2 aromatic carbocycles. The molecule has 0 spiro atoms. The van der Waals surface area contributed by atoms with Gasteiger partial charge in [0, 0.05) is 11.6 Å². The standard InChI is InChI=1S/C19H18ClN3O3/c1-10(11-5-3-2-4-6-11)17(18(21)25)23-19(26)13-7-12-8-16(24)22-15(12)9-14(13)20/h2-7,9-10,17H,8H2,1H3,(H2,21,25)(H,22,24)(H,23,26). The molecule has 26 heavy (non-hydrogen) atoms. The maximum absolute atomic E-state index is 12.7. The molecule has 1 heterocycles. The molecule has 3 amide bonds. The van der Waals surface area contributed by atoms with E-state index >= 15 is 0 Å². The predicted octanol–water partition coefficient (Wildman–Crippen LogP) is 2.22. The van der Waals surface area contributed by atoms with Crippen LogP contribution >= 0.6 is 11.6 Å². The second kappa shape index (κ2) is 7.17. The minimum absolute atomic E-state index is 0.152. The third-order valence-corrected chi connectivity index (χ3v) is 4.79. The normalized spacial score (nSPS) is 14.9. The Balaban J connectivity index is 1.84. The first-order chi connectivity index (χ1) is 12.4. The fourth-order valence-electron chi connectivity index (χ4n) is 3.03. The van der Waals surface area contributed by atoms with E-state index in [1.54, 1.807) is 6.07 Å². The molecule has 3 rings (SSSR count). The lowest BCUT2D eigenvalue weighted by Gasteiger charge is -2.23. The highest BCUT2D eigenvalue weighted by molar-refractivity contribution is 6.34. The Morgan fingerprint density at radius 3 is 2.58 bits per heavy atom. The van der Waals surface area contributed by atoms with E-state index in [0.717, 1.165) is 5.56 Å². The topological polar surface area (TPSA) is 101 Å². The van der Waals surface area contributed by atoms with Gasteiger partial charge in [-0.25, -0.2) is 0 Å². The molecule has 6 nitrogen and oxygen atoms in total. The highest BCUT2D eigenvalue weighted by atomic mass is 35.5. The first kappa shape index (κ1) is 17.9. The first-order valence-corrected chi connectivity index (χ1v) is 8.52. The van der Waals surface area contributed by atoms with Crippen molar-refractivity contribution in [2.75, 3.05) is 5.32 Å². The molecular weight excluding hydrogens is 354 g/mol. The number of hydrogen-bond acceptors (Lipinski definition) is 3. The van der Waals surface area contributed by atoms with Crippen molar-refractivity contribution in [1.29, 1.82) is 0 Å². The summed E-state index contributed by atoms with van der Waals surface area (Å²) >= 11 is 6.18. The van der Waals surface area contributed by atoms with Crippen molar-refractivity contribution in [2.24, 2.45) is 5.73 Å². The van der Waals surface area contributed by atoms with Crippen LogP contribution in [0.1, 0.15) is 34.3 Å². The Bertz CT molecular complexity index is 883. The number of primary amides is 1. The highest BCUT2D eigenvalue weighted by Gasteiger charge is 2.28. The number of rotatable bonds is 5. The smallest absolute Gasteiger partial charge is 0.253 e. The zero-order valence-electron chi connectivity index (χ0n) is 14.1. The van der Waals surface area contributed by atoms with E-state index in [1.807, 2.05) is 37.3 Å². The van der Waals surface area contributed by atoms with Crippen molar-refractivity contribution in [3.8, 4) is 0 Å². The van der Waals surface area contributed by atoms with Crippen LogP contribution in [0.2, 0.25) is 5.02 Å². The Kier molecular flexibility index (Phi) is 4.95. The lowest BCUT2D eigenvalue weighted by molar-refractivity contribution is -0.120. The summed E-state index contributed by atoms with van der Waals surface area (Å²) in [6.45, 7) is 1.82. The van der Waals surface area contributed by atoms with Crippen LogP contribution in [0.3, 0.4) is 0 Å². The van der Waals surface area contributed by atoms with Gasteiger partial charge >= 0.3 is 0 Å². The molecule has 134 valence electrons. The van der Waals surface area contributed by atoms with Crippen LogP contribution < -0.4 is 16.4 Å². The molecule has 0 fully saturated rings. The zero-order valence-corrected chi connectivity index (χ0v) is 14.8. The third-order valence-electron chi connectivity index (χ3n) is 4.48. The highest BCUT2D eigenvalue weighted by Crippen LogP contribution is 2.30. The van der Waals surface area contributed by atoms with Crippen molar-refractivity contribution in [2.45, 2.75) is 25.3 Å². The van der Waals surface area contributed by atoms with Crippen molar-refractivity contribution < 1.29 is 14.4 Å². The summed E-state index contributed by atoms with van der Waals surface area (Å²) in [5.41, 5.74) is 7.88. The molecule has 4 N–H and O–H groups in total. The monoisotopic (exact) mass is 371 g/mol. The predicted molar refractivity (Wildman–Crippen MR) is 99.1 cm³/mol. The summed E-state index contributed by atoms with van der Waals surface area (Å²) in [4.78, 5) is 36.1. The van der Waals surface area contributed by atoms with Gasteiger partial charge in [-0.15, -0.1) is 0 Å². The van der Waals surface area contributed by atoms with Gasteiger partial charge < -0.3 is 16.4 Å². The van der Waals surface area contributed by atoms with E-state index in [0.29, 0.717) is 11.3 Å². The van der Waals surface area contributed by atoms with Gasteiger partial charge in [-0.2, -0.15) is 0 Å². The second-order valence-electron chi connectivity index (χ2n) is 6.27. The Hall–Kier alpha value is -2.86. The lowest BCUT2D eigenvalue weighted by atomic mass is 9.92. The molecule has 2 unspecified atom stereocenters. The number of halogens is 1. The van der Waals surface area contributed by atoms with Crippen molar-refractivity contribution in [3.05, 3.63) is 64.2 Å². The Morgan fingerprint density at radius 1 is 1.23 bits per heavy atom. The van der Waals surface area contributed by atoms with Crippen LogP contribution in [-0.4, -0.2) is 23.8 Å².